The van der Waals surface area contributed by atoms with Crippen LogP contribution in [0.15, 0.2) is 4.52 Å². The molecule has 0 aliphatic rings. The Morgan fingerprint density at radius 2 is 2.16 bits per heavy atom. The molecule has 0 saturated heterocycles. The zero-order valence-electron chi connectivity index (χ0n) is 11.2. The fraction of sp³-hybridized carbons (Fsp3) is 0.455. The van der Waals surface area contributed by atoms with E-state index in [1.807, 2.05) is 20.9 Å². The van der Waals surface area contributed by atoms with E-state index in [1.165, 1.54) is 4.68 Å². The number of carboxylic acids is 1. The maximum absolute atomic E-state index is 10.8. The third-order valence-electron chi connectivity index (χ3n) is 2.85. The maximum Gasteiger partial charge on any atom is 0.375 e. The Hall–Kier alpha value is -2.38. The van der Waals surface area contributed by atoms with Crippen LogP contribution in [0.3, 0.4) is 0 Å². The van der Waals surface area contributed by atoms with E-state index in [4.69, 9.17) is 9.63 Å². The van der Waals surface area contributed by atoms with Gasteiger partial charge in [0.05, 0.1) is 12.2 Å². The zero-order valence-corrected chi connectivity index (χ0v) is 11.2. The average molecular weight is 265 g/mol. The topological polar surface area (TPSA) is 97.3 Å². The highest BCUT2D eigenvalue weighted by molar-refractivity contribution is 5.83. The number of aromatic nitrogens is 4. The van der Waals surface area contributed by atoms with Crippen molar-refractivity contribution in [3.05, 3.63) is 22.8 Å². The number of nitrogens with zero attached hydrogens (tertiary/aromatic N) is 5. The van der Waals surface area contributed by atoms with Crippen molar-refractivity contribution in [1.29, 1.82) is 0 Å². The van der Waals surface area contributed by atoms with Crippen molar-refractivity contribution in [3.63, 3.8) is 0 Å². The molecule has 0 aromatic carbocycles. The van der Waals surface area contributed by atoms with Crippen molar-refractivity contribution in [2.75, 3.05) is 11.9 Å². The number of aryl methyl sites for hydroxylation is 3. The quantitative estimate of drug-likeness (QED) is 0.871. The first kappa shape index (κ1) is 13.1. The van der Waals surface area contributed by atoms with Gasteiger partial charge in [0, 0.05) is 19.7 Å². The molecule has 0 amide bonds. The summed E-state index contributed by atoms with van der Waals surface area (Å²) in [5, 5.41) is 16.6. The van der Waals surface area contributed by atoms with E-state index in [-0.39, 0.29) is 5.82 Å². The Bertz CT molecular complexity index is 596. The number of rotatable bonds is 4. The number of carbonyl (C=O) groups is 1. The van der Waals surface area contributed by atoms with E-state index in [0.29, 0.717) is 12.5 Å². The molecule has 8 heteroatoms. The zero-order chi connectivity index (χ0) is 14.2. The van der Waals surface area contributed by atoms with Crippen molar-refractivity contribution >= 4 is 11.9 Å². The van der Waals surface area contributed by atoms with E-state index in [0.717, 1.165) is 17.0 Å². The lowest BCUT2D eigenvalue weighted by Crippen LogP contribution is -2.21. The molecule has 0 saturated carbocycles. The second kappa shape index (κ2) is 4.71. The van der Waals surface area contributed by atoms with Crippen LogP contribution in [0.4, 0.5) is 5.95 Å². The monoisotopic (exact) mass is 265 g/mol. The Morgan fingerprint density at radius 1 is 1.47 bits per heavy atom. The van der Waals surface area contributed by atoms with E-state index in [2.05, 4.69) is 15.2 Å². The van der Waals surface area contributed by atoms with Gasteiger partial charge in [-0.05, 0) is 13.8 Å². The minimum absolute atomic E-state index is 0.219. The first-order chi connectivity index (χ1) is 8.90. The SMILES string of the molecule is Cc1noc(C)c1CN(C)c1nc(C(=O)O)nn1C. The molecule has 0 fully saturated rings. The average Bonchev–Trinajstić information content (AvgIpc) is 2.87. The second-order valence-electron chi connectivity index (χ2n) is 4.32. The van der Waals surface area contributed by atoms with Crippen molar-refractivity contribution in [1.82, 2.24) is 19.9 Å². The summed E-state index contributed by atoms with van der Waals surface area (Å²) in [6.45, 7) is 4.22. The van der Waals surface area contributed by atoms with Gasteiger partial charge in [0.2, 0.25) is 5.95 Å². The van der Waals surface area contributed by atoms with Crippen LogP contribution in [0.2, 0.25) is 0 Å². The van der Waals surface area contributed by atoms with Crippen LogP contribution in [0, 0.1) is 13.8 Å². The maximum atomic E-state index is 10.8. The first-order valence-corrected chi connectivity index (χ1v) is 5.67. The van der Waals surface area contributed by atoms with Gasteiger partial charge in [0.25, 0.3) is 5.82 Å². The summed E-state index contributed by atoms with van der Waals surface area (Å²) in [5.74, 6) is -0.155. The lowest BCUT2D eigenvalue weighted by molar-refractivity contribution is 0.0683. The molecule has 2 rings (SSSR count). The summed E-state index contributed by atoms with van der Waals surface area (Å²) in [4.78, 5) is 16.6. The fourth-order valence-electron chi connectivity index (χ4n) is 1.83. The molecule has 102 valence electrons. The number of hydrogen-bond donors (Lipinski definition) is 1. The lowest BCUT2D eigenvalue weighted by Gasteiger charge is -2.16. The molecular formula is C11H15N5O3. The predicted molar refractivity (Wildman–Crippen MR) is 66.0 cm³/mol. The number of anilines is 1. The molecule has 0 bridgehead atoms. The second-order valence-corrected chi connectivity index (χ2v) is 4.32. The highest BCUT2D eigenvalue weighted by Gasteiger charge is 2.18. The number of hydrogen-bond acceptors (Lipinski definition) is 6. The molecule has 0 unspecified atom stereocenters. The Labute approximate surface area is 109 Å². The molecule has 0 aliphatic carbocycles. The van der Waals surface area contributed by atoms with Gasteiger partial charge in [-0.1, -0.05) is 5.16 Å². The van der Waals surface area contributed by atoms with Crippen LogP contribution >= 0.6 is 0 Å². The van der Waals surface area contributed by atoms with Gasteiger partial charge in [0.15, 0.2) is 0 Å². The Kier molecular flexibility index (Phi) is 3.24. The summed E-state index contributed by atoms with van der Waals surface area (Å²) in [7, 11) is 3.46. The molecule has 2 aromatic heterocycles. The van der Waals surface area contributed by atoms with Crippen LogP contribution in [-0.2, 0) is 13.6 Å². The number of aromatic carboxylic acids is 1. The summed E-state index contributed by atoms with van der Waals surface area (Å²) >= 11 is 0. The summed E-state index contributed by atoms with van der Waals surface area (Å²) in [6, 6.07) is 0. The van der Waals surface area contributed by atoms with Crippen LogP contribution in [0.5, 0.6) is 0 Å². The third-order valence-corrected chi connectivity index (χ3v) is 2.85. The molecular weight excluding hydrogens is 250 g/mol. The lowest BCUT2D eigenvalue weighted by atomic mass is 10.2. The minimum Gasteiger partial charge on any atom is -0.475 e. The molecule has 0 atom stereocenters. The van der Waals surface area contributed by atoms with Crippen LogP contribution in [0.25, 0.3) is 0 Å². The molecule has 2 heterocycles. The third kappa shape index (κ3) is 2.42. The first-order valence-electron chi connectivity index (χ1n) is 5.67. The van der Waals surface area contributed by atoms with Gasteiger partial charge in [-0.3, -0.25) is 0 Å². The minimum atomic E-state index is -1.15. The van der Waals surface area contributed by atoms with Gasteiger partial charge in [0.1, 0.15) is 5.76 Å². The van der Waals surface area contributed by atoms with E-state index >= 15 is 0 Å². The Morgan fingerprint density at radius 3 is 2.63 bits per heavy atom. The van der Waals surface area contributed by atoms with Gasteiger partial charge in [-0.2, -0.15) is 4.98 Å². The van der Waals surface area contributed by atoms with Crippen LogP contribution in [0.1, 0.15) is 27.6 Å². The van der Waals surface area contributed by atoms with Crippen molar-refractivity contribution < 1.29 is 14.4 Å². The molecule has 0 aliphatic heterocycles. The van der Waals surface area contributed by atoms with Crippen molar-refractivity contribution in [3.8, 4) is 0 Å². The summed E-state index contributed by atoms with van der Waals surface area (Å²) in [5.41, 5.74) is 1.77. The van der Waals surface area contributed by atoms with E-state index < -0.39 is 5.97 Å². The highest BCUT2D eigenvalue weighted by atomic mass is 16.5. The summed E-state index contributed by atoms with van der Waals surface area (Å²) in [6.07, 6.45) is 0. The molecule has 8 nitrogen and oxygen atoms in total. The molecule has 0 radical (unpaired) electrons. The molecule has 1 N–H and O–H groups in total. The van der Waals surface area contributed by atoms with Crippen LogP contribution in [-0.4, -0.2) is 38.0 Å². The van der Waals surface area contributed by atoms with Crippen LogP contribution < -0.4 is 4.90 Å². The van der Waals surface area contributed by atoms with Gasteiger partial charge < -0.3 is 14.5 Å². The van der Waals surface area contributed by atoms with Crippen molar-refractivity contribution in [2.24, 2.45) is 7.05 Å². The van der Waals surface area contributed by atoms with Gasteiger partial charge >= 0.3 is 5.97 Å². The van der Waals surface area contributed by atoms with Gasteiger partial charge in [-0.25, -0.2) is 9.48 Å². The van der Waals surface area contributed by atoms with E-state index in [1.54, 1.807) is 11.9 Å². The molecule has 0 spiro atoms. The predicted octanol–water partition coefficient (Wildman–Crippen LogP) is 0.755. The standard InChI is InChI=1S/C11H15N5O3/c1-6-8(7(2)19-14-6)5-15(3)11-12-9(10(17)18)13-16(11)4/h5H2,1-4H3,(H,17,18). The summed E-state index contributed by atoms with van der Waals surface area (Å²) < 4.78 is 6.52. The smallest absolute Gasteiger partial charge is 0.375 e. The highest BCUT2D eigenvalue weighted by Crippen LogP contribution is 2.17. The van der Waals surface area contributed by atoms with E-state index in [9.17, 15) is 4.79 Å². The molecule has 19 heavy (non-hydrogen) atoms. The molecule has 2 aromatic rings. The van der Waals surface area contributed by atoms with Crippen molar-refractivity contribution in [2.45, 2.75) is 20.4 Å². The number of carboxylic acid groups (broad SMARTS) is 1. The normalized spacial score (nSPS) is 10.7. The fourth-order valence-corrected chi connectivity index (χ4v) is 1.83. The largest absolute Gasteiger partial charge is 0.475 e. The Balaban J connectivity index is 2.25. The van der Waals surface area contributed by atoms with Gasteiger partial charge in [-0.15, -0.1) is 5.10 Å².